The molecule has 0 heterocycles. The van der Waals surface area contributed by atoms with Crippen LogP contribution in [0.4, 0.5) is 5.69 Å². The number of benzene rings is 1. The molecule has 0 radical (unpaired) electrons. The molecule has 1 aromatic rings. The molecule has 7 heteroatoms. The third-order valence-corrected chi connectivity index (χ3v) is 4.14. The molecule has 1 unspecified atom stereocenters. The van der Waals surface area contributed by atoms with Crippen LogP contribution in [0.3, 0.4) is 0 Å². The highest BCUT2D eigenvalue weighted by atomic mass is 35.5. The van der Waals surface area contributed by atoms with E-state index in [1.54, 1.807) is 26.0 Å². The number of halogens is 1. The highest BCUT2D eigenvalue weighted by molar-refractivity contribution is 6.32. The summed E-state index contributed by atoms with van der Waals surface area (Å²) in [6, 6.07) is 3.10. The van der Waals surface area contributed by atoms with Crippen LogP contribution in [-0.4, -0.2) is 32.1 Å². The topological polar surface area (TPSA) is 76.7 Å². The van der Waals surface area contributed by atoms with Crippen molar-refractivity contribution in [3.63, 3.8) is 0 Å². The molecule has 0 aliphatic rings. The van der Waals surface area contributed by atoms with Crippen molar-refractivity contribution < 1.29 is 19.1 Å². The van der Waals surface area contributed by atoms with Gasteiger partial charge in [0.05, 0.1) is 24.9 Å². The first-order valence-electron chi connectivity index (χ1n) is 7.71. The summed E-state index contributed by atoms with van der Waals surface area (Å²) in [6.45, 7) is 6.99. The molecule has 0 spiro atoms. The van der Waals surface area contributed by atoms with Crippen LogP contribution in [0.1, 0.15) is 34.1 Å². The quantitative estimate of drug-likeness (QED) is 0.735. The summed E-state index contributed by atoms with van der Waals surface area (Å²) >= 11 is 6.05. The lowest BCUT2D eigenvalue weighted by Crippen LogP contribution is -2.47. The molecule has 134 valence electrons. The maximum absolute atomic E-state index is 12.6. The van der Waals surface area contributed by atoms with Gasteiger partial charge in [-0.2, -0.15) is 0 Å². The van der Waals surface area contributed by atoms with Crippen LogP contribution in [-0.2, 0) is 9.59 Å². The molecule has 0 saturated carbocycles. The molecule has 0 bridgehead atoms. The van der Waals surface area contributed by atoms with Crippen molar-refractivity contribution in [1.82, 2.24) is 5.32 Å². The fourth-order valence-electron chi connectivity index (χ4n) is 1.85. The van der Waals surface area contributed by atoms with Gasteiger partial charge in [-0.3, -0.25) is 9.59 Å². The molecule has 0 fully saturated rings. The maximum atomic E-state index is 12.6. The number of ether oxygens (including phenoxy) is 2. The molecule has 1 aromatic carbocycles. The number of anilines is 1. The molecular formula is C17H25ClN2O4. The van der Waals surface area contributed by atoms with Crippen LogP contribution in [0.5, 0.6) is 11.5 Å². The fraction of sp³-hybridized carbons (Fsp3) is 0.529. The lowest BCUT2D eigenvalue weighted by molar-refractivity contribution is -0.138. The van der Waals surface area contributed by atoms with Gasteiger partial charge < -0.3 is 20.1 Å². The second-order valence-corrected chi connectivity index (χ2v) is 6.46. The number of carbonyl (C=O) groups excluding carboxylic acids is 2. The zero-order valence-corrected chi connectivity index (χ0v) is 15.7. The fourth-order valence-corrected chi connectivity index (χ4v) is 2.08. The average Bonchev–Trinajstić information content (AvgIpc) is 2.55. The maximum Gasteiger partial charge on any atom is 0.239 e. The van der Waals surface area contributed by atoms with Crippen molar-refractivity contribution in [1.29, 1.82) is 0 Å². The van der Waals surface area contributed by atoms with Crippen LogP contribution in [0.25, 0.3) is 0 Å². The minimum atomic E-state index is -1.25. The number of carbonyl (C=O) groups is 2. The Morgan fingerprint density at radius 2 is 1.75 bits per heavy atom. The van der Waals surface area contributed by atoms with E-state index in [0.717, 1.165) is 6.42 Å². The Kier molecular flexibility index (Phi) is 6.90. The van der Waals surface area contributed by atoms with Gasteiger partial charge in [-0.05, 0) is 27.2 Å². The largest absolute Gasteiger partial charge is 0.495 e. The highest BCUT2D eigenvalue weighted by Crippen LogP contribution is 2.36. The van der Waals surface area contributed by atoms with Gasteiger partial charge in [0.1, 0.15) is 16.9 Å². The van der Waals surface area contributed by atoms with Crippen LogP contribution < -0.4 is 20.1 Å². The molecule has 2 amide bonds. The van der Waals surface area contributed by atoms with Crippen molar-refractivity contribution in [3.8, 4) is 11.5 Å². The van der Waals surface area contributed by atoms with E-state index in [9.17, 15) is 9.59 Å². The van der Waals surface area contributed by atoms with Gasteiger partial charge in [-0.25, -0.2) is 0 Å². The summed E-state index contributed by atoms with van der Waals surface area (Å²) in [5.41, 5.74) is -0.866. The van der Waals surface area contributed by atoms with E-state index >= 15 is 0 Å². The van der Waals surface area contributed by atoms with Gasteiger partial charge in [-0.1, -0.05) is 18.5 Å². The smallest absolute Gasteiger partial charge is 0.239 e. The Hall–Kier alpha value is -1.95. The summed E-state index contributed by atoms with van der Waals surface area (Å²) < 4.78 is 10.4. The number of nitrogens with one attached hydrogen (secondary N) is 2. The van der Waals surface area contributed by atoms with Gasteiger partial charge in [0.2, 0.25) is 11.8 Å². The molecule has 2 N–H and O–H groups in total. The SMILES string of the molecule is CCC(C)NC(=O)C(C)(C)C(=O)Nc1cc(OC)c(Cl)cc1OC. The Morgan fingerprint density at radius 3 is 2.25 bits per heavy atom. The van der Waals surface area contributed by atoms with Crippen molar-refractivity contribution in [3.05, 3.63) is 17.2 Å². The van der Waals surface area contributed by atoms with Crippen LogP contribution in [0, 0.1) is 5.41 Å². The summed E-state index contributed by atoms with van der Waals surface area (Å²) in [6.07, 6.45) is 0.783. The Bertz CT molecular complexity index is 617. The van der Waals surface area contributed by atoms with E-state index < -0.39 is 11.3 Å². The second-order valence-electron chi connectivity index (χ2n) is 6.05. The molecule has 0 aliphatic carbocycles. The van der Waals surface area contributed by atoms with E-state index in [0.29, 0.717) is 22.2 Å². The molecule has 0 aliphatic heterocycles. The number of rotatable bonds is 7. The number of hydrogen-bond acceptors (Lipinski definition) is 4. The van der Waals surface area contributed by atoms with Crippen LogP contribution >= 0.6 is 11.6 Å². The van der Waals surface area contributed by atoms with Crippen molar-refractivity contribution >= 4 is 29.1 Å². The van der Waals surface area contributed by atoms with E-state index in [2.05, 4.69) is 10.6 Å². The van der Waals surface area contributed by atoms with Gasteiger partial charge in [0.15, 0.2) is 0 Å². The van der Waals surface area contributed by atoms with Crippen molar-refractivity contribution in [2.75, 3.05) is 19.5 Å². The average molecular weight is 357 g/mol. The minimum absolute atomic E-state index is 0.00487. The molecule has 0 saturated heterocycles. The lowest BCUT2D eigenvalue weighted by Gasteiger charge is -2.25. The monoisotopic (exact) mass is 356 g/mol. The standard InChI is InChI=1S/C17H25ClN2O4/c1-7-10(2)19-15(21)17(3,4)16(22)20-12-9-13(23-5)11(18)8-14(12)24-6/h8-10H,7H2,1-6H3,(H,19,21)(H,20,22). The predicted molar refractivity (Wildman–Crippen MR) is 94.9 cm³/mol. The predicted octanol–water partition coefficient (Wildman–Crippen LogP) is 3.24. The number of amides is 2. The van der Waals surface area contributed by atoms with Gasteiger partial charge in [-0.15, -0.1) is 0 Å². The summed E-state index contributed by atoms with van der Waals surface area (Å²) in [7, 11) is 2.94. The van der Waals surface area contributed by atoms with E-state index in [1.165, 1.54) is 14.2 Å². The lowest BCUT2D eigenvalue weighted by atomic mass is 9.90. The molecule has 6 nitrogen and oxygen atoms in total. The molecule has 0 aromatic heterocycles. The van der Waals surface area contributed by atoms with E-state index in [4.69, 9.17) is 21.1 Å². The highest BCUT2D eigenvalue weighted by Gasteiger charge is 2.37. The molecule has 24 heavy (non-hydrogen) atoms. The third-order valence-electron chi connectivity index (χ3n) is 3.85. The number of methoxy groups -OCH3 is 2. The summed E-state index contributed by atoms with van der Waals surface area (Å²) in [5, 5.41) is 5.89. The van der Waals surface area contributed by atoms with Crippen molar-refractivity contribution in [2.45, 2.75) is 40.2 Å². The van der Waals surface area contributed by atoms with Gasteiger partial charge in [0, 0.05) is 18.2 Å². The summed E-state index contributed by atoms with van der Waals surface area (Å²) in [5.74, 6) is -0.0119. The van der Waals surface area contributed by atoms with Gasteiger partial charge >= 0.3 is 0 Å². The van der Waals surface area contributed by atoms with E-state index in [-0.39, 0.29) is 11.9 Å². The van der Waals surface area contributed by atoms with Gasteiger partial charge in [0.25, 0.3) is 0 Å². The Labute approximate surface area is 147 Å². The molecule has 1 rings (SSSR count). The normalized spacial score (nSPS) is 12.3. The zero-order valence-electron chi connectivity index (χ0n) is 15.0. The van der Waals surface area contributed by atoms with Crippen LogP contribution in [0.2, 0.25) is 5.02 Å². The van der Waals surface area contributed by atoms with E-state index in [1.807, 2.05) is 13.8 Å². The van der Waals surface area contributed by atoms with Crippen molar-refractivity contribution in [2.24, 2.45) is 5.41 Å². The summed E-state index contributed by atoms with van der Waals surface area (Å²) in [4.78, 5) is 24.9. The second kappa shape index (κ2) is 8.24. The molecular weight excluding hydrogens is 332 g/mol. The Morgan fingerprint density at radius 1 is 1.17 bits per heavy atom. The minimum Gasteiger partial charge on any atom is -0.495 e. The zero-order chi connectivity index (χ0) is 18.5. The van der Waals surface area contributed by atoms with Crippen LogP contribution in [0.15, 0.2) is 12.1 Å². The number of hydrogen-bond donors (Lipinski definition) is 2. The third kappa shape index (κ3) is 4.54. The first-order chi connectivity index (χ1) is 11.2. The first kappa shape index (κ1) is 20.1. The first-order valence-corrected chi connectivity index (χ1v) is 8.09. The molecule has 1 atom stereocenters. The Balaban J connectivity index is 3.03.